The van der Waals surface area contributed by atoms with Gasteiger partial charge in [0.05, 0.1) is 25.3 Å². The highest BCUT2D eigenvalue weighted by Crippen LogP contribution is 2.41. The Morgan fingerprint density at radius 1 is 1.25 bits per heavy atom. The lowest BCUT2D eigenvalue weighted by Crippen LogP contribution is -2.13. The van der Waals surface area contributed by atoms with Crippen molar-refractivity contribution >= 4 is 25.7 Å². The molecule has 1 aromatic carbocycles. The number of halogens is 4. The van der Waals surface area contributed by atoms with E-state index in [1.54, 1.807) is 0 Å². The van der Waals surface area contributed by atoms with Crippen LogP contribution >= 0.6 is 10.7 Å². The number of alkyl halides is 3. The maximum Gasteiger partial charge on any atom is 0.420 e. The van der Waals surface area contributed by atoms with Crippen LogP contribution in [0.2, 0.25) is 0 Å². The smallest absolute Gasteiger partial charge is 0.420 e. The summed E-state index contributed by atoms with van der Waals surface area (Å²) in [6.07, 6.45) is -4.94. The molecule has 1 rings (SSSR count). The van der Waals surface area contributed by atoms with Gasteiger partial charge in [0, 0.05) is 10.7 Å². The zero-order valence-electron chi connectivity index (χ0n) is 10.1. The van der Waals surface area contributed by atoms with Gasteiger partial charge in [-0.15, -0.1) is 0 Å². The second kappa shape index (κ2) is 5.49. The fourth-order valence-corrected chi connectivity index (χ4v) is 2.47. The summed E-state index contributed by atoms with van der Waals surface area (Å²) in [5, 5.41) is 0. The van der Waals surface area contributed by atoms with Crippen LogP contribution in [-0.2, 0) is 20.0 Å². The van der Waals surface area contributed by atoms with E-state index in [1.165, 1.54) is 0 Å². The van der Waals surface area contributed by atoms with Gasteiger partial charge in [-0.25, -0.2) is 13.2 Å². The molecular weight excluding hydrogens is 325 g/mol. The average molecular weight is 333 g/mol. The van der Waals surface area contributed by atoms with Crippen LogP contribution < -0.4 is 4.74 Å². The topological polar surface area (TPSA) is 69.7 Å². The van der Waals surface area contributed by atoms with Crippen LogP contribution in [0, 0.1) is 0 Å². The third-order valence-electron chi connectivity index (χ3n) is 2.25. The molecule has 0 saturated heterocycles. The van der Waals surface area contributed by atoms with Crippen LogP contribution in [0.25, 0.3) is 0 Å². The van der Waals surface area contributed by atoms with E-state index in [9.17, 15) is 26.4 Å². The summed E-state index contributed by atoms with van der Waals surface area (Å²) in [6, 6.07) is 1.08. The van der Waals surface area contributed by atoms with Crippen molar-refractivity contribution in [3.63, 3.8) is 0 Å². The first-order valence-electron chi connectivity index (χ1n) is 4.84. The predicted molar refractivity (Wildman–Crippen MR) is 62.4 cm³/mol. The summed E-state index contributed by atoms with van der Waals surface area (Å²) in [5.41, 5.74) is -2.05. The monoisotopic (exact) mass is 332 g/mol. The van der Waals surface area contributed by atoms with E-state index in [0.717, 1.165) is 14.2 Å². The number of ether oxygens (including phenoxy) is 2. The number of methoxy groups -OCH3 is 2. The van der Waals surface area contributed by atoms with Gasteiger partial charge >= 0.3 is 12.1 Å². The highest BCUT2D eigenvalue weighted by Gasteiger charge is 2.38. The third kappa shape index (κ3) is 3.34. The summed E-state index contributed by atoms with van der Waals surface area (Å²) in [4.78, 5) is 10.3. The SMILES string of the molecule is COC(=O)c1cc(C(F)(F)F)c(OC)c(S(=O)(=O)Cl)c1. The van der Waals surface area contributed by atoms with E-state index < -0.39 is 43.0 Å². The van der Waals surface area contributed by atoms with E-state index >= 15 is 0 Å². The minimum Gasteiger partial charge on any atom is -0.495 e. The van der Waals surface area contributed by atoms with Gasteiger partial charge in [-0.05, 0) is 12.1 Å². The molecule has 0 aromatic heterocycles. The molecule has 5 nitrogen and oxygen atoms in total. The van der Waals surface area contributed by atoms with Gasteiger partial charge in [-0.1, -0.05) is 0 Å². The predicted octanol–water partition coefficient (Wildman–Crippen LogP) is 2.43. The molecule has 112 valence electrons. The van der Waals surface area contributed by atoms with Gasteiger partial charge in [0.2, 0.25) is 0 Å². The molecule has 0 aliphatic carbocycles. The number of rotatable bonds is 3. The Hall–Kier alpha value is -1.48. The van der Waals surface area contributed by atoms with Crippen molar-refractivity contribution in [3.05, 3.63) is 23.3 Å². The summed E-state index contributed by atoms with van der Waals surface area (Å²) in [6.45, 7) is 0. The lowest BCUT2D eigenvalue weighted by molar-refractivity contribution is -0.139. The number of carbonyl (C=O) groups is 1. The molecule has 0 fully saturated rings. The second-order valence-electron chi connectivity index (χ2n) is 3.48. The van der Waals surface area contributed by atoms with Gasteiger partial charge in [0.1, 0.15) is 4.90 Å². The largest absolute Gasteiger partial charge is 0.495 e. The molecule has 0 atom stereocenters. The molecule has 0 aliphatic heterocycles. The van der Waals surface area contributed by atoms with Crippen molar-refractivity contribution in [1.29, 1.82) is 0 Å². The zero-order valence-corrected chi connectivity index (χ0v) is 11.7. The van der Waals surface area contributed by atoms with Gasteiger partial charge in [0.25, 0.3) is 9.05 Å². The molecular formula is C10H8ClF3O5S. The fourth-order valence-electron chi connectivity index (χ4n) is 1.44. The van der Waals surface area contributed by atoms with Crippen molar-refractivity contribution in [3.8, 4) is 5.75 Å². The molecule has 0 aliphatic rings. The Bertz CT molecular complexity index is 639. The standard InChI is InChI=1S/C10H8ClF3O5S/c1-18-8-6(10(12,13)14)3-5(9(15)19-2)4-7(8)20(11,16)17/h3-4H,1-2H3. The molecule has 0 unspecified atom stereocenters. The molecule has 20 heavy (non-hydrogen) atoms. The minimum atomic E-state index is -4.94. The molecule has 0 N–H and O–H groups in total. The maximum atomic E-state index is 12.9. The minimum absolute atomic E-state index is 0.427. The lowest BCUT2D eigenvalue weighted by Gasteiger charge is -2.15. The van der Waals surface area contributed by atoms with Crippen LogP contribution in [0.4, 0.5) is 13.2 Å². The summed E-state index contributed by atoms with van der Waals surface area (Å²) in [7, 11) is 2.30. The number of benzene rings is 1. The van der Waals surface area contributed by atoms with Gasteiger partial charge in [-0.2, -0.15) is 13.2 Å². The molecule has 0 amide bonds. The Morgan fingerprint density at radius 3 is 2.15 bits per heavy atom. The molecule has 0 radical (unpaired) electrons. The molecule has 0 heterocycles. The van der Waals surface area contributed by atoms with Crippen molar-refractivity contribution in [2.24, 2.45) is 0 Å². The molecule has 0 bridgehead atoms. The maximum absolute atomic E-state index is 12.9. The Labute approximate surface area is 116 Å². The van der Waals surface area contributed by atoms with Crippen molar-refractivity contribution in [2.45, 2.75) is 11.1 Å². The van der Waals surface area contributed by atoms with Crippen LogP contribution in [0.1, 0.15) is 15.9 Å². The van der Waals surface area contributed by atoms with E-state index in [0.29, 0.717) is 12.1 Å². The number of esters is 1. The van der Waals surface area contributed by atoms with Crippen LogP contribution in [0.3, 0.4) is 0 Å². The summed E-state index contributed by atoms with van der Waals surface area (Å²) in [5.74, 6) is -2.13. The highest BCUT2D eigenvalue weighted by atomic mass is 35.7. The molecule has 10 heteroatoms. The van der Waals surface area contributed by atoms with E-state index in [-0.39, 0.29) is 0 Å². The average Bonchev–Trinajstić information content (AvgIpc) is 2.33. The second-order valence-corrected chi connectivity index (χ2v) is 6.02. The lowest BCUT2D eigenvalue weighted by atomic mass is 10.1. The van der Waals surface area contributed by atoms with E-state index in [2.05, 4.69) is 9.47 Å². The van der Waals surface area contributed by atoms with Crippen LogP contribution in [0.5, 0.6) is 5.75 Å². The van der Waals surface area contributed by atoms with Gasteiger partial charge in [-0.3, -0.25) is 0 Å². The van der Waals surface area contributed by atoms with Crippen molar-refractivity contribution in [1.82, 2.24) is 0 Å². The summed E-state index contributed by atoms with van der Waals surface area (Å²) < 4.78 is 70.0. The Balaban J connectivity index is 3.79. The number of hydrogen-bond acceptors (Lipinski definition) is 5. The van der Waals surface area contributed by atoms with Crippen molar-refractivity contribution < 1.29 is 35.9 Å². The Morgan fingerprint density at radius 2 is 1.80 bits per heavy atom. The van der Waals surface area contributed by atoms with Crippen molar-refractivity contribution in [2.75, 3.05) is 14.2 Å². The summed E-state index contributed by atoms with van der Waals surface area (Å²) >= 11 is 0. The Kier molecular flexibility index (Phi) is 4.55. The first-order valence-corrected chi connectivity index (χ1v) is 7.15. The normalized spacial score (nSPS) is 12.1. The molecule has 0 spiro atoms. The fraction of sp³-hybridized carbons (Fsp3) is 0.300. The van der Waals surface area contributed by atoms with E-state index in [4.69, 9.17) is 10.7 Å². The van der Waals surface area contributed by atoms with E-state index in [1.807, 2.05) is 0 Å². The quantitative estimate of drug-likeness (QED) is 0.628. The number of carbonyl (C=O) groups excluding carboxylic acids is 1. The number of hydrogen-bond donors (Lipinski definition) is 0. The van der Waals surface area contributed by atoms with Crippen LogP contribution in [-0.4, -0.2) is 28.6 Å². The zero-order chi connectivity index (χ0) is 15.7. The molecule has 1 aromatic rings. The highest BCUT2D eigenvalue weighted by molar-refractivity contribution is 8.13. The third-order valence-corrected chi connectivity index (χ3v) is 3.58. The first-order chi connectivity index (χ1) is 9.02. The molecule has 0 saturated carbocycles. The first kappa shape index (κ1) is 16.6. The van der Waals surface area contributed by atoms with Gasteiger partial charge < -0.3 is 9.47 Å². The van der Waals surface area contributed by atoms with Gasteiger partial charge in [0.15, 0.2) is 5.75 Å². The van der Waals surface area contributed by atoms with Crippen LogP contribution in [0.15, 0.2) is 17.0 Å².